The molecule has 2 atom stereocenters. The third-order valence-electron chi connectivity index (χ3n) is 4.00. The quantitative estimate of drug-likeness (QED) is 0.859. The number of nitrogens with two attached hydrogens (primary N) is 1. The normalized spacial score (nSPS) is 26.4. The minimum Gasteiger partial charge on any atom is -0.324 e. The summed E-state index contributed by atoms with van der Waals surface area (Å²) in [5.41, 5.74) is 6.74. The van der Waals surface area contributed by atoms with Crippen molar-refractivity contribution in [3.05, 3.63) is 28.0 Å². The van der Waals surface area contributed by atoms with E-state index in [9.17, 15) is 9.18 Å². The number of nitrogens with one attached hydrogen (secondary N) is 1. The summed E-state index contributed by atoms with van der Waals surface area (Å²) in [6.07, 6.45) is 3.48. The largest absolute Gasteiger partial charge is 0.324 e. The highest BCUT2D eigenvalue weighted by atomic mass is 79.9. The lowest BCUT2D eigenvalue weighted by atomic mass is 9.76. The van der Waals surface area contributed by atoms with Crippen molar-refractivity contribution in [3.63, 3.8) is 0 Å². The van der Waals surface area contributed by atoms with Gasteiger partial charge in [-0.1, -0.05) is 19.8 Å². The van der Waals surface area contributed by atoms with Gasteiger partial charge in [0.2, 0.25) is 5.91 Å². The van der Waals surface area contributed by atoms with Crippen molar-refractivity contribution in [1.82, 2.24) is 0 Å². The van der Waals surface area contributed by atoms with Crippen molar-refractivity contribution in [2.24, 2.45) is 11.7 Å². The molecule has 0 heterocycles. The standard InChI is InChI=1S/C15H20BrFN2O/c1-9-4-3-5-15(18,8-9)14(20)19-13-7-11(16)12(17)6-10(13)2/h6-7,9H,3-5,8,18H2,1-2H3,(H,19,20). The third-order valence-corrected chi connectivity index (χ3v) is 4.61. The molecule has 1 amide bonds. The second kappa shape index (κ2) is 5.82. The van der Waals surface area contributed by atoms with Crippen LogP contribution in [0.15, 0.2) is 16.6 Å². The molecule has 2 rings (SSSR count). The van der Waals surface area contributed by atoms with Gasteiger partial charge in [-0.2, -0.15) is 0 Å². The van der Waals surface area contributed by atoms with Crippen LogP contribution in [0, 0.1) is 18.7 Å². The molecular formula is C15H20BrFN2O. The molecule has 2 unspecified atom stereocenters. The molecule has 110 valence electrons. The van der Waals surface area contributed by atoms with Crippen LogP contribution < -0.4 is 11.1 Å². The van der Waals surface area contributed by atoms with Crippen LogP contribution in [0.5, 0.6) is 0 Å². The predicted molar refractivity (Wildman–Crippen MR) is 82.0 cm³/mol. The van der Waals surface area contributed by atoms with Crippen LogP contribution in [0.4, 0.5) is 10.1 Å². The number of rotatable bonds is 2. The first-order valence-electron chi connectivity index (χ1n) is 6.88. The van der Waals surface area contributed by atoms with Crippen LogP contribution in [0.1, 0.15) is 38.2 Å². The molecule has 1 aromatic carbocycles. The molecule has 0 spiro atoms. The van der Waals surface area contributed by atoms with Gasteiger partial charge >= 0.3 is 0 Å². The third kappa shape index (κ3) is 3.20. The highest BCUT2D eigenvalue weighted by Crippen LogP contribution is 2.32. The second-order valence-electron chi connectivity index (χ2n) is 5.89. The number of halogens is 2. The Morgan fingerprint density at radius 3 is 2.90 bits per heavy atom. The summed E-state index contributed by atoms with van der Waals surface area (Å²) in [4.78, 5) is 12.4. The van der Waals surface area contributed by atoms with Gasteiger partial charge in [-0.05, 0) is 59.3 Å². The molecule has 0 saturated heterocycles. The molecule has 3 nitrogen and oxygen atoms in total. The zero-order chi connectivity index (χ0) is 14.9. The van der Waals surface area contributed by atoms with Gasteiger partial charge < -0.3 is 11.1 Å². The van der Waals surface area contributed by atoms with E-state index in [0.717, 1.165) is 12.8 Å². The molecular weight excluding hydrogens is 323 g/mol. The van der Waals surface area contributed by atoms with Crippen LogP contribution in [0.3, 0.4) is 0 Å². The van der Waals surface area contributed by atoms with Gasteiger partial charge in [-0.15, -0.1) is 0 Å². The zero-order valence-corrected chi connectivity index (χ0v) is 13.4. The minimum atomic E-state index is -0.815. The Balaban J connectivity index is 2.17. The number of amides is 1. The molecule has 0 radical (unpaired) electrons. The Bertz CT molecular complexity index is 535. The first-order valence-corrected chi connectivity index (χ1v) is 7.67. The molecule has 0 bridgehead atoms. The van der Waals surface area contributed by atoms with Crippen molar-refractivity contribution in [3.8, 4) is 0 Å². The highest BCUT2D eigenvalue weighted by molar-refractivity contribution is 9.10. The summed E-state index contributed by atoms with van der Waals surface area (Å²) in [5, 5.41) is 2.85. The molecule has 1 saturated carbocycles. The molecule has 0 aliphatic heterocycles. The molecule has 1 aliphatic rings. The van der Waals surface area contributed by atoms with E-state index in [2.05, 4.69) is 28.2 Å². The van der Waals surface area contributed by atoms with Crippen molar-refractivity contribution in [2.45, 2.75) is 45.1 Å². The SMILES string of the molecule is Cc1cc(F)c(Br)cc1NC(=O)C1(N)CCCC(C)C1. The van der Waals surface area contributed by atoms with E-state index < -0.39 is 5.54 Å². The Labute approximate surface area is 127 Å². The highest BCUT2D eigenvalue weighted by Gasteiger charge is 2.38. The first-order chi connectivity index (χ1) is 9.32. The zero-order valence-electron chi connectivity index (χ0n) is 11.8. The maximum atomic E-state index is 13.4. The van der Waals surface area contributed by atoms with Crippen LogP contribution in [-0.4, -0.2) is 11.4 Å². The summed E-state index contributed by atoms with van der Waals surface area (Å²) >= 11 is 3.13. The van der Waals surface area contributed by atoms with E-state index >= 15 is 0 Å². The van der Waals surface area contributed by atoms with E-state index in [0.29, 0.717) is 34.5 Å². The van der Waals surface area contributed by atoms with E-state index in [-0.39, 0.29) is 11.7 Å². The van der Waals surface area contributed by atoms with E-state index in [4.69, 9.17) is 5.73 Å². The minimum absolute atomic E-state index is 0.175. The fourth-order valence-electron chi connectivity index (χ4n) is 2.83. The lowest BCUT2D eigenvalue weighted by Crippen LogP contribution is -2.53. The average Bonchev–Trinajstić information content (AvgIpc) is 2.35. The van der Waals surface area contributed by atoms with E-state index in [1.807, 2.05) is 0 Å². The van der Waals surface area contributed by atoms with Gasteiger partial charge in [-0.3, -0.25) is 4.79 Å². The fraction of sp³-hybridized carbons (Fsp3) is 0.533. The van der Waals surface area contributed by atoms with Crippen LogP contribution in [-0.2, 0) is 4.79 Å². The topological polar surface area (TPSA) is 55.1 Å². The van der Waals surface area contributed by atoms with Gasteiger partial charge in [0.25, 0.3) is 0 Å². The maximum absolute atomic E-state index is 13.4. The number of anilines is 1. The summed E-state index contributed by atoms with van der Waals surface area (Å²) in [6, 6.07) is 2.98. The van der Waals surface area contributed by atoms with Crippen molar-refractivity contribution in [1.29, 1.82) is 0 Å². The number of carbonyl (C=O) groups is 1. The molecule has 1 fully saturated rings. The Kier molecular flexibility index (Phi) is 4.49. The van der Waals surface area contributed by atoms with Crippen molar-refractivity contribution < 1.29 is 9.18 Å². The monoisotopic (exact) mass is 342 g/mol. The van der Waals surface area contributed by atoms with Gasteiger partial charge in [0.15, 0.2) is 0 Å². The number of benzene rings is 1. The van der Waals surface area contributed by atoms with E-state index in [1.165, 1.54) is 6.07 Å². The van der Waals surface area contributed by atoms with Gasteiger partial charge in [0, 0.05) is 5.69 Å². The molecule has 1 aliphatic carbocycles. The van der Waals surface area contributed by atoms with Crippen LogP contribution in [0.2, 0.25) is 0 Å². The number of hydrogen-bond acceptors (Lipinski definition) is 2. The van der Waals surface area contributed by atoms with Gasteiger partial charge in [-0.25, -0.2) is 4.39 Å². The fourth-order valence-corrected chi connectivity index (χ4v) is 3.17. The second-order valence-corrected chi connectivity index (χ2v) is 6.75. The lowest BCUT2D eigenvalue weighted by molar-refractivity contribution is -0.122. The van der Waals surface area contributed by atoms with Crippen LogP contribution >= 0.6 is 15.9 Å². The Morgan fingerprint density at radius 2 is 2.25 bits per heavy atom. The smallest absolute Gasteiger partial charge is 0.244 e. The number of carbonyl (C=O) groups excluding carboxylic acids is 1. The van der Waals surface area contributed by atoms with Gasteiger partial charge in [0.05, 0.1) is 10.0 Å². The molecule has 20 heavy (non-hydrogen) atoms. The molecule has 1 aromatic rings. The molecule has 5 heteroatoms. The van der Waals surface area contributed by atoms with Crippen molar-refractivity contribution >= 4 is 27.5 Å². The van der Waals surface area contributed by atoms with Gasteiger partial charge in [0.1, 0.15) is 5.82 Å². The number of hydrogen-bond donors (Lipinski definition) is 2. The predicted octanol–water partition coefficient (Wildman–Crippen LogP) is 3.74. The Morgan fingerprint density at radius 1 is 1.55 bits per heavy atom. The first kappa shape index (κ1) is 15.4. The Hall–Kier alpha value is -0.940. The maximum Gasteiger partial charge on any atom is 0.244 e. The summed E-state index contributed by atoms with van der Waals surface area (Å²) in [6.45, 7) is 3.88. The van der Waals surface area contributed by atoms with E-state index in [1.54, 1.807) is 13.0 Å². The molecule has 3 N–H and O–H groups in total. The van der Waals surface area contributed by atoms with Crippen LogP contribution in [0.25, 0.3) is 0 Å². The van der Waals surface area contributed by atoms with Crippen molar-refractivity contribution in [2.75, 3.05) is 5.32 Å². The molecule has 0 aromatic heterocycles. The number of aryl methyl sites for hydroxylation is 1. The summed E-state index contributed by atoms with van der Waals surface area (Å²) in [5.74, 6) is -0.0551. The average molecular weight is 343 g/mol. The summed E-state index contributed by atoms with van der Waals surface area (Å²) in [7, 11) is 0. The summed E-state index contributed by atoms with van der Waals surface area (Å²) < 4.78 is 13.7. The lowest BCUT2D eigenvalue weighted by Gasteiger charge is -2.35.